The summed E-state index contributed by atoms with van der Waals surface area (Å²) in [5, 5.41) is 2.85. The fourth-order valence-electron chi connectivity index (χ4n) is 3.51. The number of para-hydroxylation sites is 1. The number of amides is 2. The number of aliphatic imine (C=N–C) groups is 1. The second-order valence-corrected chi connectivity index (χ2v) is 6.46. The molecule has 1 aromatic rings. The Bertz CT molecular complexity index is 620. The van der Waals surface area contributed by atoms with E-state index in [0.29, 0.717) is 11.6 Å². The minimum absolute atomic E-state index is 0.134. The average Bonchev–Trinajstić information content (AvgIpc) is 2.66. The highest BCUT2D eigenvalue weighted by Crippen LogP contribution is 2.30. The summed E-state index contributed by atoms with van der Waals surface area (Å²) in [7, 11) is 1.87. The second-order valence-electron chi connectivity index (χ2n) is 6.46. The molecule has 1 aromatic carbocycles. The lowest BCUT2D eigenvalue weighted by molar-refractivity contribution is 0.0316. The maximum absolute atomic E-state index is 12.5. The lowest BCUT2D eigenvalue weighted by atomic mass is 9.83. The first kappa shape index (κ1) is 16.5. The van der Waals surface area contributed by atoms with Crippen molar-refractivity contribution in [3.63, 3.8) is 0 Å². The first-order chi connectivity index (χ1) is 11.7. The van der Waals surface area contributed by atoms with Crippen LogP contribution in [0, 0.1) is 5.92 Å². The normalized spacial score (nSPS) is 26.5. The molecule has 24 heavy (non-hydrogen) atoms. The molecular weight excluding hydrogens is 302 g/mol. The van der Waals surface area contributed by atoms with Crippen molar-refractivity contribution in [3.05, 3.63) is 42.2 Å². The second kappa shape index (κ2) is 7.49. The molecule has 1 atom stereocenters. The van der Waals surface area contributed by atoms with Gasteiger partial charge in [0, 0.05) is 25.8 Å². The van der Waals surface area contributed by atoms with Crippen LogP contribution in [0.5, 0.6) is 0 Å². The summed E-state index contributed by atoms with van der Waals surface area (Å²) in [5.74, 6) is 0.606. The van der Waals surface area contributed by atoms with E-state index < -0.39 is 0 Å². The van der Waals surface area contributed by atoms with E-state index in [0.717, 1.165) is 25.3 Å². The Kier molecular flexibility index (Phi) is 5.15. The summed E-state index contributed by atoms with van der Waals surface area (Å²) < 4.78 is 0. The van der Waals surface area contributed by atoms with Gasteiger partial charge in [-0.05, 0) is 44.0 Å². The molecule has 4 rings (SSSR count). The van der Waals surface area contributed by atoms with Crippen molar-refractivity contribution < 1.29 is 4.79 Å². The number of carbonyl (C=O) groups is 1. The minimum atomic E-state index is -0.134. The van der Waals surface area contributed by atoms with Crippen molar-refractivity contribution in [2.24, 2.45) is 16.6 Å². The molecule has 128 valence electrons. The van der Waals surface area contributed by atoms with E-state index in [1.807, 2.05) is 42.3 Å². The maximum atomic E-state index is 12.5. The summed E-state index contributed by atoms with van der Waals surface area (Å²) in [6, 6.07) is 9.69. The molecule has 3 aliphatic heterocycles. The molecule has 3 aliphatic rings. The third kappa shape index (κ3) is 3.76. The number of hydrogen-bond donors (Lipinski definition) is 2. The number of allylic oxidation sites excluding steroid dienone is 1. The van der Waals surface area contributed by atoms with Gasteiger partial charge in [0.05, 0.1) is 17.6 Å². The van der Waals surface area contributed by atoms with E-state index in [4.69, 9.17) is 5.73 Å². The number of likely N-dealkylation sites (N-methyl/N-ethyl adjacent to an activating group) is 1. The zero-order chi connectivity index (χ0) is 16.9. The quantitative estimate of drug-likeness (QED) is 0.830. The first-order valence-electron chi connectivity index (χ1n) is 8.44. The number of urea groups is 1. The topological polar surface area (TPSA) is 74.0 Å². The van der Waals surface area contributed by atoms with Crippen molar-refractivity contribution in [1.82, 2.24) is 15.1 Å². The van der Waals surface area contributed by atoms with Gasteiger partial charge in [-0.2, -0.15) is 0 Å². The van der Waals surface area contributed by atoms with E-state index in [2.05, 4.69) is 15.2 Å². The number of nitrogens with one attached hydrogen (secondary N) is 1. The van der Waals surface area contributed by atoms with E-state index in [1.165, 1.54) is 19.0 Å². The largest absolute Gasteiger partial charge is 0.403 e. The molecule has 0 spiro atoms. The van der Waals surface area contributed by atoms with Crippen LogP contribution in [0.4, 0.5) is 10.5 Å². The summed E-state index contributed by atoms with van der Waals surface area (Å²) in [6.07, 6.45) is 5.31. The molecule has 0 saturated carbocycles. The number of piperidine rings is 3. The minimum Gasteiger partial charge on any atom is -0.403 e. The number of nitrogens with zero attached hydrogens (tertiary/aromatic N) is 3. The number of rotatable bonds is 4. The average molecular weight is 327 g/mol. The van der Waals surface area contributed by atoms with E-state index >= 15 is 0 Å². The fraction of sp³-hybridized carbons (Fsp3) is 0.444. The number of nitrogens with two attached hydrogens (primary N) is 1. The van der Waals surface area contributed by atoms with Gasteiger partial charge in [-0.25, -0.2) is 4.79 Å². The zero-order valence-corrected chi connectivity index (χ0v) is 14.1. The summed E-state index contributed by atoms with van der Waals surface area (Å²) in [5.41, 5.74) is 6.94. The zero-order valence-electron chi connectivity index (χ0n) is 14.1. The fourth-order valence-corrected chi connectivity index (χ4v) is 3.51. The van der Waals surface area contributed by atoms with Crippen LogP contribution in [-0.4, -0.2) is 54.8 Å². The van der Waals surface area contributed by atoms with Crippen LogP contribution in [0.25, 0.3) is 0 Å². The molecule has 6 heteroatoms. The molecule has 0 unspecified atom stereocenters. The molecule has 3 saturated heterocycles. The Morgan fingerprint density at radius 1 is 1.33 bits per heavy atom. The Hall–Kier alpha value is -2.34. The molecule has 0 aromatic heterocycles. The molecule has 0 aliphatic carbocycles. The summed E-state index contributed by atoms with van der Waals surface area (Å²) >= 11 is 0. The molecule has 0 radical (unpaired) electrons. The van der Waals surface area contributed by atoms with Crippen LogP contribution < -0.4 is 11.1 Å². The number of hydrogen-bond acceptors (Lipinski definition) is 4. The molecule has 3 heterocycles. The standard InChI is InChI=1S/C18H25N5O/c1-22(17-13-23-9-7-14(17)8-10-23)18(24)21-16(11-19)12-20-15-5-3-2-4-6-15/h2-6,11-12,14,17H,7-10,13,19H2,1H3,(H,21,24)/t17-/m0/s1. The monoisotopic (exact) mass is 327 g/mol. The van der Waals surface area contributed by atoms with Crippen LogP contribution in [0.2, 0.25) is 0 Å². The Labute approximate surface area is 143 Å². The van der Waals surface area contributed by atoms with Crippen LogP contribution in [0.3, 0.4) is 0 Å². The van der Waals surface area contributed by atoms with Gasteiger partial charge in [-0.3, -0.25) is 4.99 Å². The molecule has 3 fully saturated rings. The molecule has 6 nitrogen and oxygen atoms in total. The third-order valence-electron chi connectivity index (χ3n) is 4.98. The van der Waals surface area contributed by atoms with E-state index in [-0.39, 0.29) is 12.1 Å². The third-order valence-corrected chi connectivity index (χ3v) is 4.98. The van der Waals surface area contributed by atoms with Crippen molar-refractivity contribution in [1.29, 1.82) is 0 Å². The van der Waals surface area contributed by atoms with Gasteiger partial charge in [0.1, 0.15) is 0 Å². The van der Waals surface area contributed by atoms with Crippen molar-refractivity contribution >= 4 is 17.9 Å². The van der Waals surface area contributed by atoms with Crippen LogP contribution >= 0.6 is 0 Å². The Morgan fingerprint density at radius 2 is 2.04 bits per heavy atom. The van der Waals surface area contributed by atoms with Gasteiger partial charge in [0.25, 0.3) is 0 Å². The number of benzene rings is 1. The van der Waals surface area contributed by atoms with Gasteiger partial charge < -0.3 is 20.9 Å². The smallest absolute Gasteiger partial charge is 0.321 e. The van der Waals surface area contributed by atoms with Crippen LogP contribution in [0.15, 0.2) is 47.2 Å². The number of carbonyl (C=O) groups excluding carboxylic acids is 1. The molecule has 2 bridgehead atoms. The Morgan fingerprint density at radius 3 is 2.62 bits per heavy atom. The summed E-state index contributed by atoms with van der Waals surface area (Å²) in [4.78, 5) is 21.1. The van der Waals surface area contributed by atoms with Crippen molar-refractivity contribution in [2.75, 3.05) is 26.7 Å². The van der Waals surface area contributed by atoms with Crippen molar-refractivity contribution in [3.8, 4) is 0 Å². The summed E-state index contributed by atoms with van der Waals surface area (Å²) in [6.45, 7) is 3.29. The highest BCUT2D eigenvalue weighted by molar-refractivity contribution is 5.88. The van der Waals surface area contributed by atoms with Gasteiger partial charge in [0.15, 0.2) is 0 Å². The Balaban J connectivity index is 1.59. The lowest BCUT2D eigenvalue weighted by Gasteiger charge is -2.47. The van der Waals surface area contributed by atoms with E-state index in [1.54, 1.807) is 6.21 Å². The van der Waals surface area contributed by atoms with Gasteiger partial charge in [-0.15, -0.1) is 0 Å². The highest BCUT2D eigenvalue weighted by atomic mass is 16.2. The van der Waals surface area contributed by atoms with Gasteiger partial charge in [0.2, 0.25) is 0 Å². The first-order valence-corrected chi connectivity index (χ1v) is 8.44. The molecular formula is C18H25N5O. The van der Waals surface area contributed by atoms with E-state index in [9.17, 15) is 4.79 Å². The molecule has 2 amide bonds. The number of fused-ring (bicyclic) bond motifs is 3. The predicted octanol–water partition coefficient (Wildman–Crippen LogP) is 1.92. The van der Waals surface area contributed by atoms with Crippen LogP contribution in [0.1, 0.15) is 12.8 Å². The SMILES string of the molecule is CN(C(=O)NC(C=Nc1ccccc1)=CN)[C@H]1CN2CCC1CC2. The maximum Gasteiger partial charge on any atom is 0.321 e. The molecule has 3 N–H and O–H groups in total. The highest BCUT2D eigenvalue weighted by Gasteiger charge is 2.37. The van der Waals surface area contributed by atoms with Gasteiger partial charge in [-0.1, -0.05) is 18.2 Å². The lowest BCUT2D eigenvalue weighted by Crippen LogP contribution is -2.59. The van der Waals surface area contributed by atoms with Gasteiger partial charge >= 0.3 is 6.03 Å². The van der Waals surface area contributed by atoms with Crippen molar-refractivity contribution in [2.45, 2.75) is 18.9 Å². The predicted molar refractivity (Wildman–Crippen MR) is 96.1 cm³/mol. The van der Waals surface area contributed by atoms with Crippen LogP contribution in [-0.2, 0) is 0 Å².